The van der Waals surface area contributed by atoms with Gasteiger partial charge in [-0.3, -0.25) is 4.79 Å². The van der Waals surface area contributed by atoms with Gasteiger partial charge in [0, 0.05) is 31.7 Å². The van der Waals surface area contributed by atoms with E-state index in [0.29, 0.717) is 13.1 Å². The molecule has 0 aromatic heterocycles. The highest BCUT2D eigenvalue weighted by atomic mass is 19.1. The van der Waals surface area contributed by atoms with Crippen molar-refractivity contribution in [2.75, 3.05) is 13.1 Å². The van der Waals surface area contributed by atoms with Crippen LogP contribution in [-0.2, 0) is 4.79 Å². The van der Waals surface area contributed by atoms with Gasteiger partial charge in [0.15, 0.2) is 0 Å². The Morgan fingerprint density at radius 2 is 2.00 bits per heavy atom. The maximum atomic E-state index is 13.0. The molecule has 0 N–H and O–H groups in total. The molecule has 2 rings (SSSR count). The topological polar surface area (TPSA) is 29.5 Å². The Morgan fingerprint density at radius 3 is 2.61 bits per heavy atom. The monoisotopic (exact) mass is 255 g/mol. The van der Waals surface area contributed by atoms with Crippen molar-refractivity contribution >= 4 is 5.91 Å². The maximum Gasteiger partial charge on any atom is 0.219 e. The Hall–Kier alpha value is -1.65. The SMILES string of the molecule is CC(=O)N1CCC[C@@H](Oc2cc(F)cc(F)c2)C1. The highest BCUT2D eigenvalue weighted by molar-refractivity contribution is 5.73. The first-order valence-corrected chi connectivity index (χ1v) is 5.93. The molecule has 98 valence electrons. The molecule has 5 heteroatoms. The number of halogens is 2. The second-order valence-electron chi connectivity index (χ2n) is 4.45. The van der Waals surface area contributed by atoms with E-state index in [2.05, 4.69) is 0 Å². The molecule has 0 unspecified atom stereocenters. The van der Waals surface area contributed by atoms with Crippen LogP contribution in [0.5, 0.6) is 5.75 Å². The quantitative estimate of drug-likeness (QED) is 0.812. The number of hydrogen-bond acceptors (Lipinski definition) is 2. The molecule has 1 aromatic rings. The van der Waals surface area contributed by atoms with E-state index in [1.807, 2.05) is 0 Å². The van der Waals surface area contributed by atoms with Gasteiger partial charge in [-0.05, 0) is 12.8 Å². The fraction of sp³-hybridized carbons (Fsp3) is 0.462. The predicted molar refractivity (Wildman–Crippen MR) is 62.3 cm³/mol. The number of carbonyl (C=O) groups excluding carboxylic acids is 1. The molecule has 1 aromatic carbocycles. The lowest BCUT2D eigenvalue weighted by Gasteiger charge is -2.32. The third-order valence-electron chi connectivity index (χ3n) is 2.96. The zero-order valence-electron chi connectivity index (χ0n) is 10.2. The summed E-state index contributed by atoms with van der Waals surface area (Å²) in [5, 5.41) is 0. The summed E-state index contributed by atoms with van der Waals surface area (Å²) >= 11 is 0. The van der Waals surface area contributed by atoms with Gasteiger partial charge < -0.3 is 9.64 Å². The average Bonchev–Trinajstić information content (AvgIpc) is 2.27. The molecule has 1 saturated heterocycles. The molecule has 1 atom stereocenters. The van der Waals surface area contributed by atoms with Crippen molar-refractivity contribution in [2.45, 2.75) is 25.9 Å². The maximum absolute atomic E-state index is 13.0. The number of nitrogens with zero attached hydrogens (tertiary/aromatic N) is 1. The second-order valence-corrected chi connectivity index (χ2v) is 4.45. The average molecular weight is 255 g/mol. The summed E-state index contributed by atoms with van der Waals surface area (Å²) in [7, 11) is 0. The fourth-order valence-corrected chi connectivity index (χ4v) is 2.11. The molecular formula is C13H15F2NO2. The summed E-state index contributed by atoms with van der Waals surface area (Å²) < 4.78 is 31.5. The van der Waals surface area contributed by atoms with Crippen LogP contribution in [0.15, 0.2) is 18.2 Å². The highest BCUT2D eigenvalue weighted by Gasteiger charge is 2.23. The molecule has 18 heavy (non-hydrogen) atoms. The van der Waals surface area contributed by atoms with Crippen LogP contribution in [0, 0.1) is 11.6 Å². The van der Waals surface area contributed by atoms with Crippen LogP contribution in [0.3, 0.4) is 0 Å². The van der Waals surface area contributed by atoms with E-state index in [1.165, 1.54) is 6.92 Å². The Labute approximate surface area is 104 Å². The van der Waals surface area contributed by atoms with Crippen molar-refractivity contribution in [3.8, 4) is 5.75 Å². The van der Waals surface area contributed by atoms with Gasteiger partial charge in [0.1, 0.15) is 23.5 Å². The predicted octanol–water partition coefficient (Wildman–Crippen LogP) is 2.35. The summed E-state index contributed by atoms with van der Waals surface area (Å²) in [4.78, 5) is 12.9. The summed E-state index contributed by atoms with van der Waals surface area (Å²) in [5.74, 6) is -1.16. The molecule has 0 radical (unpaired) electrons. The van der Waals surface area contributed by atoms with E-state index in [0.717, 1.165) is 31.0 Å². The molecular weight excluding hydrogens is 240 g/mol. The number of rotatable bonds is 2. The van der Waals surface area contributed by atoms with E-state index in [-0.39, 0.29) is 17.8 Å². The standard InChI is InChI=1S/C13H15F2NO2/c1-9(17)16-4-2-3-12(8-16)18-13-6-10(14)5-11(15)7-13/h5-7,12H,2-4,8H2,1H3/t12-/m1/s1. The lowest BCUT2D eigenvalue weighted by Crippen LogP contribution is -2.43. The number of benzene rings is 1. The summed E-state index contributed by atoms with van der Waals surface area (Å²) in [6.45, 7) is 2.68. The van der Waals surface area contributed by atoms with Gasteiger partial charge in [-0.25, -0.2) is 8.78 Å². The first-order valence-electron chi connectivity index (χ1n) is 5.93. The van der Waals surface area contributed by atoms with Gasteiger partial charge in [0.2, 0.25) is 5.91 Å². The van der Waals surface area contributed by atoms with Crippen molar-refractivity contribution in [1.82, 2.24) is 4.90 Å². The molecule has 1 aliphatic heterocycles. The number of carbonyl (C=O) groups is 1. The van der Waals surface area contributed by atoms with E-state index >= 15 is 0 Å². The molecule has 0 aliphatic carbocycles. The van der Waals surface area contributed by atoms with Crippen molar-refractivity contribution in [2.24, 2.45) is 0 Å². The number of amides is 1. The first-order chi connectivity index (χ1) is 8.54. The van der Waals surface area contributed by atoms with Gasteiger partial charge in [-0.15, -0.1) is 0 Å². The van der Waals surface area contributed by atoms with Crippen LogP contribution in [0.25, 0.3) is 0 Å². The van der Waals surface area contributed by atoms with Crippen molar-refractivity contribution in [3.63, 3.8) is 0 Å². The largest absolute Gasteiger partial charge is 0.488 e. The summed E-state index contributed by atoms with van der Waals surface area (Å²) in [5.41, 5.74) is 0. The molecule has 0 saturated carbocycles. The minimum absolute atomic E-state index is 0.00581. The Kier molecular flexibility index (Phi) is 3.79. The Bertz CT molecular complexity index is 430. The molecule has 0 bridgehead atoms. The van der Waals surface area contributed by atoms with Gasteiger partial charge in [0.05, 0.1) is 6.54 Å². The van der Waals surface area contributed by atoms with E-state index in [4.69, 9.17) is 4.74 Å². The third kappa shape index (κ3) is 3.18. The molecule has 3 nitrogen and oxygen atoms in total. The van der Waals surface area contributed by atoms with E-state index < -0.39 is 11.6 Å². The minimum atomic E-state index is -0.663. The fourth-order valence-electron chi connectivity index (χ4n) is 2.11. The summed E-state index contributed by atoms with van der Waals surface area (Å²) in [6, 6.07) is 3.10. The van der Waals surface area contributed by atoms with E-state index in [9.17, 15) is 13.6 Å². The molecule has 1 aliphatic rings. The molecule has 0 spiro atoms. The van der Waals surface area contributed by atoms with Crippen LogP contribution in [0.4, 0.5) is 8.78 Å². The minimum Gasteiger partial charge on any atom is -0.488 e. The van der Waals surface area contributed by atoms with Gasteiger partial charge >= 0.3 is 0 Å². The van der Waals surface area contributed by atoms with Gasteiger partial charge in [0.25, 0.3) is 0 Å². The van der Waals surface area contributed by atoms with Crippen molar-refractivity contribution in [1.29, 1.82) is 0 Å². The normalized spacial score (nSPS) is 19.7. The lowest BCUT2D eigenvalue weighted by atomic mass is 10.1. The Morgan fingerprint density at radius 1 is 1.33 bits per heavy atom. The van der Waals surface area contributed by atoms with Gasteiger partial charge in [-0.2, -0.15) is 0 Å². The number of hydrogen-bond donors (Lipinski definition) is 0. The molecule has 1 heterocycles. The van der Waals surface area contributed by atoms with Crippen molar-refractivity contribution < 1.29 is 18.3 Å². The zero-order valence-corrected chi connectivity index (χ0v) is 10.2. The second kappa shape index (κ2) is 5.33. The first kappa shape index (κ1) is 12.8. The zero-order chi connectivity index (χ0) is 13.1. The molecule has 1 amide bonds. The number of likely N-dealkylation sites (tertiary alicyclic amines) is 1. The van der Waals surface area contributed by atoms with Crippen LogP contribution in [0.1, 0.15) is 19.8 Å². The van der Waals surface area contributed by atoms with E-state index in [1.54, 1.807) is 4.90 Å². The third-order valence-corrected chi connectivity index (χ3v) is 2.96. The highest BCUT2D eigenvalue weighted by Crippen LogP contribution is 2.20. The van der Waals surface area contributed by atoms with Crippen LogP contribution in [0.2, 0.25) is 0 Å². The number of ether oxygens (including phenoxy) is 1. The molecule has 1 fully saturated rings. The van der Waals surface area contributed by atoms with Crippen LogP contribution < -0.4 is 4.74 Å². The van der Waals surface area contributed by atoms with Crippen LogP contribution in [-0.4, -0.2) is 30.0 Å². The van der Waals surface area contributed by atoms with Crippen LogP contribution >= 0.6 is 0 Å². The number of piperidine rings is 1. The smallest absolute Gasteiger partial charge is 0.219 e. The lowest BCUT2D eigenvalue weighted by molar-refractivity contribution is -0.131. The summed E-state index contributed by atoms with van der Waals surface area (Å²) in [6.07, 6.45) is 1.41. The van der Waals surface area contributed by atoms with Crippen molar-refractivity contribution in [3.05, 3.63) is 29.8 Å². The van der Waals surface area contributed by atoms with Gasteiger partial charge in [-0.1, -0.05) is 0 Å². The Balaban J connectivity index is 2.02.